The van der Waals surface area contributed by atoms with Gasteiger partial charge in [-0.05, 0) is 75.4 Å². The lowest BCUT2D eigenvalue weighted by molar-refractivity contribution is -0.277. The van der Waals surface area contributed by atoms with Crippen LogP contribution < -0.4 is 19.5 Å². The molecule has 5 N–H and O–H groups in total. The lowest BCUT2D eigenvalue weighted by Gasteiger charge is -2.39. The van der Waals surface area contributed by atoms with Gasteiger partial charge in [0, 0.05) is 51.1 Å². The molecule has 6 atom stereocenters. The molecule has 1 unspecified atom stereocenters. The molecule has 4 aromatic rings. The van der Waals surface area contributed by atoms with Crippen LogP contribution in [0.5, 0.6) is 17.2 Å². The topological polar surface area (TPSA) is 229 Å². The average molecular weight is 853 g/mol. The SMILES string of the molecule is COCCNC(=O)C1CCN(C(=O)COc2cccc(OC3CCCCO3)c2C(C)=O)CC1.OC[C@H]1O[C@@H](Oc2cccc3occ(CCc4ccco4)c23)[C@H](O)[C@@H](O)[C@@H]1O. The highest BCUT2D eigenvalue weighted by atomic mass is 16.7. The fourth-order valence-corrected chi connectivity index (χ4v) is 7.47. The third kappa shape index (κ3) is 11.9. The number of benzene rings is 2. The minimum Gasteiger partial charge on any atom is -0.483 e. The summed E-state index contributed by atoms with van der Waals surface area (Å²) in [6.45, 7) is 3.32. The van der Waals surface area contributed by atoms with Crippen molar-refractivity contribution < 1.29 is 72.1 Å². The van der Waals surface area contributed by atoms with E-state index in [1.165, 1.54) is 6.92 Å². The molecule has 3 aliphatic heterocycles. The second kappa shape index (κ2) is 22.2. The van der Waals surface area contributed by atoms with Crippen LogP contribution in [0.25, 0.3) is 11.0 Å². The van der Waals surface area contributed by atoms with E-state index in [0.717, 1.165) is 36.0 Å². The summed E-state index contributed by atoms with van der Waals surface area (Å²) in [6.07, 6.45) is 1.48. The zero-order valence-corrected chi connectivity index (χ0v) is 34.4. The second-order valence-corrected chi connectivity index (χ2v) is 15.1. The standard InChI is InChI=1S/C24H34N2O7.C20H22O8/c1-17(27)23-19(6-5-7-20(23)33-22-8-3-4-14-31-22)32-16-21(28)26-12-9-18(10-13-26)24(29)25-11-15-30-2;21-9-15-17(22)18(23)19(24)20(28-15)27-14-5-1-4-13-16(14)11(10-26-13)6-7-12-3-2-8-25-12/h5-7,18,22H,3-4,8-16H2,1-2H3,(H,25,29);1-5,8,10,15,17-24H,6-7,9H2/t;15-,17-,18+,19-,20-/m.1/s1. The molecule has 17 nitrogen and oxygen atoms in total. The minimum atomic E-state index is -1.50. The van der Waals surface area contributed by atoms with E-state index < -0.39 is 37.3 Å². The number of nitrogens with one attached hydrogen (secondary N) is 1. The molecule has 0 bridgehead atoms. The van der Waals surface area contributed by atoms with Gasteiger partial charge in [0.15, 0.2) is 18.7 Å². The largest absolute Gasteiger partial charge is 0.483 e. The summed E-state index contributed by atoms with van der Waals surface area (Å²) in [5.41, 5.74) is 1.81. The Kier molecular flexibility index (Phi) is 16.6. The molecule has 2 aromatic carbocycles. The molecule has 3 aliphatic rings. The maximum atomic E-state index is 12.7. The van der Waals surface area contributed by atoms with Crippen molar-refractivity contribution in [3.63, 3.8) is 0 Å². The molecule has 0 saturated carbocycles. The molecule has 7 rings (SSSR count). The van der Waals surface area contributed by atoms with E-state index in [-0.39, 0.29) is 36.4 Å². The number of hydrogen-bond donors (Lipinski definition) is 5. The number of likely N-dealkylation sites (tertiary alicyclic amines) is 1. The summed E-state index contributed by atoms with van der Waals surface area (Å²) in [6, 6.07) is 14.1. The van der Waals surface area contributed by atoms with Crippen LogP contribution in [0.3, 0.4) is 0 Å². The summed E-state index contributed by atoms with van der Waals surface area (Å²) in [5.74, 6) is 1.49. The number of ether oxygens (including phenoxy) is 6. The van der Waals surface area contributed by atoms with Crippen LogP contribution in [0.4, 0.5) is 0 Å². The number of amides is 2. The molecule has 0 spiro atoms. The van der Waals surface area contributed by atoms with E-state index in [1.54, 1.807) is 60.9 Å². The summed E-state index contributed by atoms with van der Waals surface area (Å²) in [7, 11) is 1.59. The van der Waals surface area contributed by atoms with Crippen molar-refractivity contribution in [1.29, 1.82) is 0 Å². The van der Waals surface area contributed by atoms with Gasteiger partial charge < -0.3 is 67.9 Å². The van der Waals surface area contributed by atoms with Crippen LogP contribution in [0, 0.1) is 5.92 Å². The van der Waals surface area contributed by atoms with Gasteiger partial charge in [0.1, 0.15) is 58.6 Å². The highest BCUT2D eigenvalue weighted by Crippen LogP contribution is 2.35. The normalized spacial score (nSPS) is 23.1. The average Bonchev–Trinajstić information content (AvgIpc) is 3.96. The Hall–Kier alpha value is -5.01. The van der Waals surface area contributed by atoms with Crippen LogP contribution in [0.15, 0.2) is 69.9 Å². The van der Waals surface area contributed by atoms with Gasteiger partial charge in [-0.1, -0.05) is 12.1 Å². The predicted molar refractivity (Wildman–Crippen MR) is 217 cm³/mol. The van der Waals surface area contributed by atoms with Crippen LogP contribution in [-0.2, 0) is 36.6 Å². The first-order valence-electron chi connectivity index (χ1n) is 20.7. The molecule has 61 heavy (non-hydrogen) atoms. The Labute approximate surface area is 353 Å². The first-order valence-corrected chi connectivity index (χ1v) is 20.7. The molecule has 0 radical (unpaired) electrons. The maximum absolute atomic E-state index is 12.7. The zero-order valence-electron chi connectivity index (χ0n) is 34.4. The number of carbonyl (C=O) groups is 3. The number of aryl methyl sites for hydroxylation is 2. The van der Waals surface area contributed by atoms with Gasteiger partial charge in [0.25, 0.3) is 5.91 Å². The molecule has 332 valence electrons. The lowest BCUT2D eigenvalue weighted by Crippen LogP contribution is -2.60. The Morgan fingerprint density at radius 2 is 1.64 bits per heavy atom. The fraction of sp³-hybridized carbons (Fsp3) is 0.523. The first-order chi connectivity index (χ1) is 29.6. The van der Waals surface area contributed by atoms with Crippen LogP contribution in [0.1, 0.15) is 60.7 Å². The third-order valence-electron chi connectivity index (χ3n) is 10.9. The minimum absolute atomic E-state index is 0.000240. The molecule has 5 heterocycles. The molecule has 0 aliphatic carbocycles. The quantitative estimate of drug-likeness (QED) is 0.0806. The molecule has 3 fully saturated rings. The molecule has 2 aromatic heterocycles. The number of aliphatic hydroxyl groups excluding tert-OH is 4. The Bertz CT molecular complexity index is 2000. The van der Waals surface area contributed by atoms with Crippen molar-refractivity contribution in [2.75, 3.05) is 53.2 Å². The number of carbonyl (C=O) groups excluding carboxylic acids is 3. The number of aliphatic hydroxyl groups is 4. The van der Waals surface area contributed by atoms with Crippen molar-refractivity contribution in [3.8, 4) is 17.2 Å². The van der Waals surface area contributed by atoms with Gasteiger partial charge in [0.05, 0.1) is 37.7 Å². The van der Waals surface area contributed by atoms with Crippen LogP contribution in [0.2, 0.25) is 0 Å². The predicted octanol–water partition coefficient (Wildman–Crippen LogP) is 3.16. The van der Waals surface area contributed by atoms with Crippen molar-refractivity contribution in [2.45, 2.75) is 88.9 Å². The van der Waals surface area contributed by atoms with Crippen LogP contribution >= 0.6 is 0 Å². The number of rotatable bonds is 16. The van der Waals surface area contributed by atoms with Gasteiger partial charge in [-0.3, -0.25) is 14.4 Å². The number of hydrogen-bond acceptors (Lipinski definition) is 15. The van der Waals surface area contributed by atoms with Gasteiger partial charge in [0.2, 0.25) is 12.2 Å². The summed E-state index contributed by atoms with van der Waals surface area (Å²) < 4.78 is 44.5. The molecule has 17 heteroatoms. The van der Waals surface area contributed by atoms with Crippen LogP contribution in [-0.4, -0.2) is 133 Å². The molecule has 3 saturated heterocycles. The fourth-order valence-electron chi connectivity index (χ4n) is 7.47. The van der Waals surface area contributed by atoms with Crippen molar-refractivity contribution in [2.24, 2.45) is 5.92 Å². The van der Waals surface area contributed by atoms with Crippen molar-refractivity contribution in [1.82, 2.24) is 10.2 Å². The maximum Gasteiger partial charge on any atom is 0.260 e. The van der Waals surface area contributed by atoms with Gasteiger partial charge in [-0.25, -0.2) is 0 Å². The number of Topliss-reactive ketones (excluding diaryl/α,β-unsaturated/α-hetero) is 1. The number of piperidine rings is 1. The number of furan rings is 2. The van der Waals surface area contributed by atoms with Crippen molar-refractivity contribution >= 4 is 28.6 Å². The van der Waals surface area contributed by atoms with E-state index in [0.29, 0.717) is 86.9 Å². The molecular formula is C44H56N2O15. The summed E-state index contributed by atoms with van der Waals surface area (Å²) in [4.78, 5) is 38.9. The number of methoxy groups -OCH3 is 1. The smallest absolute Gasteiger partial charge is 0.260 e. The number of ketones is 1. The summed E-state index contributed by atoms with van der Waals surface area (Å²) in [5, 5.41) is 43.0. The summed E-state index contributed by atoms with van der Waals surface area (Å²) >= 11 is 0. The van der Waals surface area contributed by atoms with E-state index in [4.69, 9.17) is 37.3 Å². The lowest BCUT2D eigenvalue weighted by atomic mass is 9.96. The van der Waals surface area contributed by atoms with E-state index in [9.17, 15) is 34.8 Å². The van der Waals surface area contributed by atoms with E-state index in [2.05, 4.69) is 5.32 Å². The number of fused-ring (bicyclic) bond motifs is 1. The highest BCUT2D eigenvalue weighted by molar-refractivity contribution is 5.99. The molecule has 2 amide bonds. The number of nitrogens with zero attached hydrogens (tertiary/aromatic N) is 1. The van der Waals surface area contributed by atoms with Gasteiger partial charge >= 0.3 is 0 Å². The Morgan fingerprint density at radius 1 is 0.869 bits per heavy atom. The van der Waals surface area contributed by atoms with Gasteiger partial charge in [-0.2, -0.15) is 0 Å². The first kappa shape index (κ1) is 45.5. The zero-order chi connectivity index (χ0) is 43.3. The van der Waals surface area contributed by atoms with E-state index >= 15 is 0 Å². The monoisotopic (exact) mass is 852 g/mol. The highest BCUT2D eigenvalue weighted by Gasteiger charge is 2.45. The molecular weight excluding hydrogens is 796 g/mol. The van der Waals surface area contributed by atoms with Gasteiger partial charge in [-0.15, -0.1) is 0 Å². The van der Waals surface area contributed by atoms with Crippen molar-refractivity contribution in [3.05, 3.63) is 77.9 Å². The third-order valence-corrected chi connectivity index (χ3v) is 10.9. The Morgan fingerprint density at radius 3 is 2.34 bits per heavy atom. The second-order valence-electron chi connectivity index (χ2n) is 15.1. The van der Waals surface area contributed by atoms with E-state index in [1.807, 2.05) is 12.1 Å². The Balaban J connectivity index is 0.000000206.